The van der Waals surface area contributed by atoms with Crippen LogP contribution in [0.25, 0.3) is 12.2 Å². The zero-order valence-electron chi connectivity index (χ0n) is 10.2. The average Bonchev–Trinajstić information content (AvgIpc) is 2.96. The van der Waals surface area contributed by atoms with Gasteiger partial charge in [-0.15, -0.1) is 11.3 Å². The van der Waals surface area contributed by atoms with E-state index in [1.165, 1.54) is 0 Å². The van der Waals surface area contributed by atoms with Gasteiger partial charge in [-0.05, 0) is 48.1 Å². The molecule has 0 fully saturated rings. The quantitative estimate of drug-likeness (QED) is 0.916. The van der Waals surface area contributed by atoms with Crippen molar-refractivity contribution in [3.63, 3.8) is 0 Å². The Morgan fingerprint density at radius 2 is 2.33 bits per heavy atom. The van der Waals surface area contributed by atoms with Gasteiger partial charge in [0.15, 0.2) is 5.82 Å². The van der Waals surface area contributed by atoms with E-state index in [1.54, 1.807) is 11.3 Å². The third-order valence-corrected chi connectivity index (χ3v) is 4.04. The predicted octanol–water partition coefficient (Wildman–Crippen LogP) is 3.21. The molecule has 2 aromatic rings. The van der Waals surface area contributed by atoms with Gasteiger partial charge in [-0.25, -0.2) is 0 Å². The molecule has 1 N–H and O–H groups in total. The largest absolute Gasteiger partial charge is 0.335 e. The average molecular weight is 328 g/mol. The van der Waals surface area contributed by atoms with Crippen molar-refractivity contribution in [3.05, 3.63) is 32.5 Å². The van der Waals surface area contributed by atoms with Gasteiger partial charge in [-0.1, -0.05) is 5.16 Å². The van der Waals surface area contributed by atoms with E-state index in [0.29, 0.717) is 11.9 Å². The van der Waals surface area contributed by atoms with Gasteiger partial charge in [-0.2, -0.15) is 4.98 Å². The number of nitrogens with zero attached hydrogens (tertiary/aromatic N) is 2. The zero-order valence-corrected chi connectivity index (χ0v) is 12.6. The van der Waals surface area contributed by atoms with Gasteiger partial charge < -0.3 is 9.84 Å². The maximum atomic E-state index is 5.16. The maximum absolute atomic E-state index is 5.16. The van der Waals surface area contributed by atoms with Crippen molar-refractivity contribution in [2.45, 2.75) is 19.4 Å². The van der Waals surface area contributed by atoms with Gasteiger partial charge in [0.1, 0.15) is 0 Å². The molecule has 0 radical (unpaired) electrons. The minimum Gasteiger partial charge on any atom is -0.335 e. The summed E-state index contributed by atoms with van der Waals surface area (Å²) in [4.78, 5) is 5.45. The number of aromatic nitrogens is 2. The second kappa shape index (κ2) is 6.26. The molecule has 0 aliphatic rings. The van der Waals surface area contributed by atoms with Crippen LogP contribution in [0.1, 0.15) is 23.5 Å². The van der Waals surface area contributed by atoms with Crippen molar-refractivity contribution < 1.29 is 4.52 Å². The molecule has 0 saturated carbocycles. The van der Waals surface area contributed by atoms with Gasteiger partial charge in [0.2, 0.25) is 0 Å². The van der Waals surface area contributed by atoms with Crippen molar-refractivity contribution in [3.8, 4) is 0 Å². The zero-order chi connectivity index (χ0) is 13.0. The summed E-state index contributed by atoms with van der Waals surface area (Å²) < 4.78 is 6.26. The molecule has 2 aromatic heterocycles. The fourth-order valence-electron chi connectivity index (χ4n) is 1.37. The molecule has 4 nitrogen and oxygen atoms in total. The molecule has 0 bridgehead atoms. The minimum atomic E-state index is 0.340. The maximum Gasteiger partial charge on any atom is 0.250 e. The lowest BCUT2D eigenvalue weighted by atomic mass is 10.2. The summed E-state index contributed by atoms with van der Waals surface area (Å²) in [6, 6.07) is 4.39. The van der Waals surface area contributed by atoms with Gasteiger partial charge in [-0.3, -0.25) is 0 Å². The van der Waals surface area contributed by atoms with Gasteiger partial charge in [0, 0.05) is 23.4 Å². The fourth-order valence-corrected chi connectivity index (χ4v) is 2.69. The summed E-state index contributed by atoms with van der Waals surface area (Å²) in [6.07, 6.45) is 4.56. The molecule has 2 heterocycles. The molecule has 2 rings (SSSR count). The third-order valence-electron chi connectivity index (χ3n) is 2.45. The highest BCUT2D eigenvalue weighted by Gasteiger charge is 2.07. The molecular formula is C12H14BrN3OS. The first-order valence-corrected chi connectivity index (χ1v) is 7.21. The van der Waals surface area contributed by atoms with Crippen molar-refractivity contribution in [2.24, 2.45) is 0 Å². The number of hydrogen-bond acceptors (Lipinski definition) is 5. The number of likely N-dealkylation sites (N-methyl/N-ethyl adjacent to an activating group) is 1. The van der Waals surface area contributed by atoms with Crippen LogP contribution in [0.4, 0.5) is 0 Å². The summed E-state index contributed by atoms with van der Waals surface area (Å²) in [5, 5.41) is 7.08. The van der Waals surface area contributed by atoms with Crippen LogP contribution in [0.5, 0.6) is 0 Å². The van der Waals surface area contributed by atoms with E-state index in [9.17, 15) is 0 Å². The predicted molar refractivity (Wildman–Crippen MR) is 77.5 cm³/mol. The fraction of sp³-hybridized carbons (Fsp3) is 0.333. The van der Waals surface area contributed by atoms with Crippen LogP contribution in [0.3, 0.4) is 0 Å². The number of thiophene rings is 1. The van der Waals surface area contributed by atoms with E-state index in [4.69, 9.17) is 4.52 Å². The lowest BCUT2D eigenvalue weighted by Crippen LogP contribution is -2.24. The van der Waals surface area contributed by atoms with Gasteiger partial charge in [0.05, 0.1) is 3.79 Å². The Balaban J connectivity index is 2.00. The third kappa shape index (κ3) is 3.76. The Bertz CT molecular complexity index is 535. The summed E-state index contributed by atoms with van der Waals surface area (Å²) in [5.41, 5.74) is 0. The summed E-state index contributed by atoms with van der Waals surface area (Å²) in [5.74, 6) is 1.27. The van der Waals surface area contributed by atoms with E-state index in [-0.39, 0.29) is 0 Å². The molecule has 0 saturated heterocycles. The standard InChI is InChI=1S/C12H14BrN3OS/c1-8(14-2)7-11-15-12(17-16-11)6-4-9-3-5-10(13)18-9/h3-6,8,14H,7H2,1-2H3/b6-4+. The Morgan fingerprint density at radius 3 is 3.00 bits per heavy atom. The lowest BCUT2D eigenvalue weighted by Gasteiger charge is -2.04. The van der Waals surface area contributed by atoms with Crippen molar-refractivity contribution >= 4 is 39.4 Å². The SMILES string of the molecule is CNC(C)Cc1noc(/C=C/c2ccc(Br)s2)n1. The molecule has 1 atom stereocenters. The van der Waals surface area contributed by atoms with Crippen LogP contribution in [-0.2, 0) is 6.42 Å². The molecule has 18 heavy (non-hydrogen) atoms. The Kier molecular flexibility index (Phi) is 4.68. The number of halogens is 1. The molecule has 0 aliphatic heterocycles. The van der Waals surface area contributed by atoms with Crippen LogP contribution in [0, 0.1) is 0 Å². The highest BCUT2D eigenvalue weighted by Crippen LogP contribution is 2.23. The van der Waals surface area contributed by atoms with Crippen molar-refractivity contribution in [2.75, 3.05) is 7.05 Å². The summed E-state index contributed by atoms with van der Waals surface area (Å²) in [6.45, 7) is 2.08. The normalized spacial score (nSPS) is 13.3. The highest BCUT2D eigenvalue weighted by atomic mass is 79.9. The molecule has 6 heteroatoms. The molecule has 0 spiro atoms. The van der Waals surface area contributed by atoms with Crippen LogP contribution in [0.2, 0.25) is 0 Å². The number of hydrogen-bond donors (Lipinski definition) is 1. The van der Waals surface area contributed by atoms with Crippen LogP contribution < -0.4 is 5.32 Å². The number of rotatable bonds is 5. The summed E-state index contributed by atoms with van der Waals surface area (Å²) in [7, 11) is 1.92. The van der Waals surface area contributed by atoms with Crippen LogP contribution in [0.15, 0.2) is 20.4 Å². The monoisotopic (exact) mass is 327 g/mol. The smallest absolute Gasteiger partial charge is 0.250 e. The van der Waals surface area contributed by atoms with Crippen molar-refractivity contribution in [1.82, 2.24) is 15.5 Å². The second-order valence-electron chi connectivity index (χ2n) is 3.92. The number of nitrogens with one attached hydrogen (secondary N) is 1. The topological polar surface area (TPSA) is 51.0 Å². The first kappa shape index (κ1) is 13.5. The van der Waals surface area contributed by atoms with Crippen molar-refractivity contribution in [1.29, 1.82) is 0 Å². The first-order chi connectivity index (χ1) is 8.67. The molecule has 96 valence electrons. The summed E-state index contributed by atoms with van der Waals surface area (Å²) >= 11 is 5.08. The van der Waals surface area contributed by atoms with Crippen LogP contribution >= 0.6 is 27.3 Å². The molecule has 0 amide bonds. The van der Waals surface area contributed by atoms with E-state index in [0.717, 1.165) is 20.9 Å². The molecular weight excluding hydrogens is 314 g/mol. The van der Waals surface area contributed by atoms with Gasteiger partial charge >= 0.3 is 0 Å². The van der Waals surface area contributed by atoms with Gasteiger partial charge in [0.25, 0.3) is 5.89 Å². The van der Waals surface area contributed by atoms with E-state index >= 15 is 0 Å². The Morgan fingerprint density at radius 1 is 1.50 bits per heavy atom. The highest BCUT2D eigenvalue weighted by molar-refractivity contribution is 9.11. The Hall–Kier alpha value is -0.980. The lowest BCUT2D eigenvalue weighted by molar-refractivity contribution is 0.400. The van der Waals surface area contributed by atoms with E-state index in [2.05, 4.69) is 38.3 Å². The molecule has 1 unspecified atom stereocenters. The molecule has 0 aromatic carbocycles. The minimum absolute atomic E-state index is 0.340. The van der Waals surface area contributed by atoms with E-state index in [1.807, 2.05) is 31.3 Å². The Labute approximate surface area is 118 Å². The van der Waals surface area contributed by atoms with E-state index < -0.39 is 0 Å². The second-order valence-corrected chi connectivity index (χ2v) is 6.41. The molecule has 0 aliphatic carbocycles. The first-order valence-electron chi connectivity index (χ1n) is 5.60. The van der Waals surface area contributed by atoms with Crippen LogP contribution in [-0.4, -0.2) is 23.2 Å².